The van der Waals surface area contributed by atoms with Crippen molar-refractivity contribution in [2.75, 3.05) is 19.6 Å². The van der Waals surface area contributed by atoms with Crippen LogP contribution in [0.25, 0.3) is 22.2 Å². The van der Waals surface area contributed by atoms with Crippen LogP contribution in [0.4, 0.5) is 0 Å². The summed E-state index contributed by atoms with van der Waals surface area (Å²) >= 11 is 0. The maximum absolute atomic E-state index is 13.6. The maximum atomic E-state index is 13.6. The van der Waals surface area contributed by atoms with Crippen molar-refractivity contribution in [3.63, 3.8) is 0 Å². The highest BCUT2D eigenvalue weighted by Gasteiger charge is 2.58. The standard InChI is InChI=1S/C34H45N5O2/c1-3-27(40)7-5-4-6-8-30(38-33(41)28-20-34(28)15-17-39(18-16-34)22-24-10-11-24)32-35-21-31(37-32)26-13-14-29-25(19-26)12-9-23(2)36-29/h9,12-14,19,21,24,28,30H,3-8,10-11,15-18,20,22H2,1-2H3,(H,35,37)(H,38,41)/t28-,30+/m1/s1. The van der Waals surface area contributed by atoms with Gasteiger partial charge in [0.1, 0.15) is 11.6 Å². The second kappa shape index (κ2) is 12.0. The van der Waals surface area contributed by atoms with Gasteiger partial charge in [0.15, 0.2) is 0 Å². The van der Waals surface area contributed by atoms with Crippen LogP contribution >= 0.6 is 0 Å². The van der Waals surface area contributed by atoms with Crippen molar-refractivity contribution in [2.24, 2.45) is 17.3 Å². The smallest absolute Gasteiger partial charge is 0.224 e. The fourth-order valence-electron chi connectivity index (χ4n) is 6.75. The van der Waals surface area contributed by atoms with E-state index in [9.17, 15) is 9.59 Å². The lowest BCUT2D eigenvalue weighted by Gasteiger charge is -2.33. The van der Waals surface area contributed by atoms with Crippen molar-refractivity contribution >= 4 is 22.6 Å². The first-order valence-corrected chi connectivity index (χ1v) is 15.9. The highest BCUT2D eigenvalue weighted by atomic mass is 16.2. The number of hydrogen-bond acceptors (Lipinski definition) is 5. The first-order valence-electron chi connectivity index (χ1n) is 15.9. The minimum absolute atomic E-state index is 0.126. The molecule has 1 amide bonds. The molecule has 2 N–H and O–H groups in total. The second-order valence-electron chi connectivity index (χ2n) is 13.0. The van der Waals surface area contributed by atoms with Crippen LogP contribution in [-0.2, 0) is 9.59 Å². The number of unbranched alkanes of at least 4 members (excludes halogenated alkanes) is 2. The van der Waals surface area contributed by atoms with Crippen molar-refractivity contribution in [1.29, 1.82) is 0 Å². The monoisotopic (exact) mass is 555 g/mol. The summed E-state index contributed by atoms with van der Waals surface area (Å²) in [6.45, 7) is 7.47. The third-order valence-electron chi connectivity index (χ3n) is 9.80. The Balaban J connectivity index is 1.11. The average molecular weight is 556 g/mol. The Hall–Kier alpha value is -3.06. The van der Waals surface area contributed by atoms with Gasteiger partial charge in [-0.1, -0.05) is 31.9 Å². The molecule has 2 aliphatic carbocycles. The number of pyridine rings is 1. The number of hydrogen-bond donors (Lipinski definition) is 2. The molecular formula is C34H45N5O2. The van der Waals surface area contributed by atoms with E-state index in [1.165, 1.54) is 19.4 Å². The van der Waals surface area contributed by atoms with Crippen LogP contribution in [0.15, 0.2) is 36.5 Å². The molecule has 3 aromatic rings. The number of amides is 1. The fourth-order valence-corrected chi connectivity index (χ4v) is 6.75. The van der Waals surface area contributed by atoms with Crippen LogP contribution < -0.4 is 5.32 Å². The van der Waals surface area contributed by atoms with E-state index in [-0.39, 0.29) is 23.3 Å². The summed E-state index contributed by atoms with van der Waals surface area (Å²) in [6, 6.07) is 10.3. The molecule has 2 saturated carbocycles. The maximum Gasteiger partial charge on any atom is 0.224 e. The molecule has 41 heavy (non-hydrogen) atoms. The van der Waals surface area contributed by atoms with Gasteiger partial charge < -0.3 is 15.2 Å². The predicted octanol–water partition coefficient (Wildman–Crippen LogP) is 6.53. The molecule has 218 valence electrons. The molecule has 3 fully saturated rings. The van der Waals surface area contributed by atoms with Crippen LogP contribution in [0.5, 0.6) is 0 Å². The first kappa shape index (κ1) is 28.1. The summed E-state index contributed by atoms with van der Waals surface area (Å²) < 4.78 is 0. The molecule has 1 aliphatic heterocycles. The Bertz CT molecular complexity index is 1380. The lowest BCUT2D eigenvalue weighted by Crippen LogP contribution is -2.38. The zero-order valence-electron chi connectivity index (χ0n) is 24.8. The van der Waals surface area contributed by atoms with E-state index in [0.29, 0.717) is 18.6 Å². The number of aryl methyl sites for hydroxylation is 1. The molecule has 0 radical (unpaired) electrons. The minimum atomic E-state index is -0.157. The zero-order valence-corrected chi connectivity index (χ0v) is 24.8. The van der Waals surface area contributed by atoms with Gasteiger partial charge in [-0.2, -0.15) is 0 Å². The highest BCUT2D eigenvalue weighted by molar-refractivity contribution is 5.84. The Morgan fingerprint density at radius 3 is 2.73 bits per heavy atom. The average Bonchev–Trinajstić information content (AvgIpc) is 3.88. The van der Waals surface area contributed by atoms with Crippen molar-refractivity contribution < 1.29 is 9.59 Å². The molecule has 2 atom stereocenters. The van der Waals surface area contributed by atoms with Crippen LogP contribution in [0.2, 0.25) is 0 Å². The SMILES string of the molecule is CCC(=O)CCCCC[C@H](NC(=O)[C@H]1CC12CCN(CC1CC1)CC2)c1ncc(-c2ccc3nc(C)ccc3c2)[nH]1. The molecule has 3 heterocycles. The number of benzene rings is 1. The lowest BCUT2D eigenvalue weighted by molar-refractivity contribution is -0.124. The molecule has 1 spiro atoms. The van der Waals surface area contributed by atoms with Gasteiger partial charge in [-0.15, -0.1) is 0 Å². The summed E-state index contributed by atoms with van der Waals surface area (Å²) in [5.74, 6) is 2.39. The third-order valence-corrected chi connectivity index (χ3v) is 9.80. The van der Waals surface area contributed by atoms with E-state index in [2.05, 4.69) is 44.5 Å². The molecule has 7 nitrogen and oxygen atoms in total. The van der Waals surface area contributed by atoms with E-state index in [1.807, 2.05) is 26.1 Å². The van der Waals surface area contributed by atoms with Crippen molar-refractivity contribution in [3.05, 3.63) is 48.0 Å². The summed E-state index contributed by atoms with van der Waals surface area (Å²) in [7, 11) is 0. The number of aromatic amines is 1. The normalized spacial score (nSPS) is 20.8. The lowest BCUT2D eigenvalue weighted by atomic mass is 9.90. The quantitative estimate of drug-likeness (QED) is 0.234. The van der Waals surface area contributed by atoms with E-state index in [1.54, 1.807) is 0 Å². The number of piperidine rings is 1. The summed E-state index contributed by atoms with van der Waals surface area (Å²) in [4.78, 5) is 40.9. The number of H-pyrrole nitrogens is 1. The molecule has 1 saturated heterocycles. The molecule has 7 heteroatoms. The number of imidazole rings is 1. The largest absolute Gasteiger partial charge is 0.346 e. The van der Waals surface area contributed by atoms with Gasteiger partial charge in [-0.3, -0.25) is 14.6 Å². The van der Waals surface area contributed by atoms with E-state index < -0.39 is 0 Å². The van der Waals surface area contributed by atoms with Crippen LogP contribution in [0, 0.1) is 24.2 Å². The van der Waals surface area contributed by atoms with Crippen molar-refractivity contribution in [1.82, 2.24) is 25.2 Å². The first-order chi connectivity index (χ1) is 19.9. The molecule has 3 aliphatic rings. The van der Waals surface area contributed by atoms with E-state index >= 15 is 0 Å². The molecule has 0 bridgehead atoms. The summed E-state index contributed by atoms with van der Waals surface area (Å²) in [6.07, 6.45) is 12.9. The Morgan fingerprint density at radius 2 is 1.95 bits per heavy atom. The Morgan fingerprint density at radius 1 is 1.12 bits per heavy atom. The molecule has 6 rings (SSSR count). The van der Waals surface area contributed by atoms with Crippen LogP contribution in [0.3, 0.4) is 0 Å². The van der Waals surface area contributed by atoms with Gasteiger partial charge in [0.2, 0.25) is 5.91 Å². The number of ketones is 1. The summed E-state index contributed by atoms with van der Waals surface area (Å²) in [5, 5.41) is 4.50. The van der Waals surface area contributed by atoms with Crippen molar-refractivity contribution in [3.8, 4) is 11.3 Å². The van der Waals surface area contributed by atoms with Gasteiger partial charge >= 0.3 is 0 Å². The molecular weight excluding hydrogens is 510 g/mol. The van der Waals surface area contributed by atoms with Gasteiger partial charge in [0.05, 0.1) is 23.4 Å². The minimum Gasteiger partial charge on any atom is -0.346 e. The zero-order chi connectivity index (χ0) is 28.4. The predicted molar refractivity (Wildman–Crippen MR) is 162 cm³/mol. The van der Waals surface area contributed by atoms with Gasteiger partial charge in [0, 0.05) is 41.9 Å². The molecule has 2 aromatic heterocycles. The van der Waals surface area contributed by atoms with Crippen LogP contribution in [0.1, 0.15) is 95.1 Å². The molecule has 0 unspecified atom stereocenters. The number of nitrogens with one attached hydrogen (secondary N) is 2. The number of Topliss-reactive ketones (excluding diaryl/α,β-unsaturated/α-hetero) is 1. The second-order valence-corrected chi connectivity index (χ2v) is 13.0. The topological polar surface area (TPSA) is 91.0 Å². The van der Waals surface area contributed by atoms with E-state index in [4.69, 9.17) is 4.98 Å². The summed E-state index contributed by atoms with van der Waals surface area (Å²) in [5.41, 5.74) is 4.20. The number of aromatic nitrogens is 3. The molecule has 1 aromatic carbocycles. The van der Waals surface area contributed by atoms with E-state index in [0.717, 1.165) is 97.6 Å². The number of rotatable bonds is 13. The number of carbonyl (C=O) groups is 2. The van der Waals surface area contributed by atoms with Gasteiger partial charge in [-0.05, 0) is 94.5 Å². The third kappa shape index (κ3) is 6.72. The fraction of sp³-hybridized carbons (Fsp3) is 0.588. The Labute approximate surface area is 243 Å². The van der Waals surface area contributed by atoms with Gasteiger partial charge in [-0.25, -0.2) is 4.98 Å². The highest BCUT2D eigenvalue weighted by Crippen LogP contribution is 2.59. The Kier molecular flexibility index (Phi) is 8.25. The van der Waals surface area contributed by atoms with Crippen LogP contribution in [-0.4, -0.2) is 51.2 Å². The number of likely N-dealkylation sites (tertiary alicyclic amines) is 1. The van der Waals surface area contributed by atoms with Gasteiger partial charge in [0.25, 0.3) is 0 Å². The number of carbonyl (C=O) groups excluding carboxylic acids is 2. The number of nitrogens with zero attached hydrogens (tertiary/aromatic N) is 3. The van der Waals surface area contributed by atoms with Crippen molar-refractivity contribution in [2.45, 2.75) is 90.5 Å². The number of fused-ring (bicyclic) bond motifs is 1.